The van der Waals surface area contributed by atoms with Gasteiger partial charge in [0.05, 0.1) is 41.7 Å². The van der Waals surface area contributed by atoms with Crippen LogP contribution in [0.25, 0.3) is 22.3 Å². The lowest BCUT2D eigenvalue weighted by molar-refractivity contribution is -0.225. The number of nitrogens with two attached hydrogens (primary N) is 1. The number of nitrogen functional groups attached to an aromatic ring is 1. The number of rotatable bonds is 7. The van der Waals surface area contributed by atoms with Crippen LogP contribution in [-0.2, 0) is 9.63 Å². The highest BCUT2D eigenvalue weighted by molar-refractivity contribution is 5.98. The molecule has 0 atom stereocenters. The number of ether oxygens (including phenoxy) is 1. The van der Waals surface area contributed by atoms with E-state index in [0.29, 0.717) is 24.9 Å². The molecule has 5 heterocycles. The van der Waals surface area contributed by atoms with Crippen molar-refractivity contribution in [1.29, 1.82) is 0 Å². The van der Waals surface area contributed by atoms with Gasteiger partial charge in [-0.25, -0.2) is 19.4 Å². The van der Waals surface area contributed by atoms with E-state index in [1.54, 1.807) is 5.06 Å². The Hall–Kier alpha value is -4.90. The zero-order valence-corrected chi connectivity index (χ0v) is 25.8. The predicted octanol–water partition coefficient (Wildman–Crippen LogP) is 5.87. The van der Waals surface area contributed by atoms with E-state index in [2.05, 4.69) is 37.9 Å². The molecule has 11 nitrogen and oxygen atoms in total. The van der Waals surface area contributed by atoms with Crippen molar-refractivity contribution in [2.24, 2.45) is 5.41 Å². The van der Waals surface area contributed by atoms with E-state index in [0.717, 1.165) is 59.7 Å². The lowest BCUT2D eigenvalue weighted by Gasteiger charge is -2.39. The maximum atomic E-state index is 12.2. The summed E-state index contributed by atoms with van der Waals surface area (Å²) in [6, 6.07) is 20.3. The summed E-state index contributed by atoms with van der Waals surface area (Å²) in [7, 11) is 0. The van der Waals surface area contributed by atoms with Gasteiger partial charge in [-0.2, -0.15) is 5.10 Å². The minimum atomic E-state index is -0.509. The van der Waals surface area contributed by atoms with Gasteiger partial charge in [-0.3, -0.25) is 0 Å². The number of para-hydroxylation sites is 1. The number of fused-ring (bicyclic) bond motifs is 1. The Morgan fingerprint density at radius 2 is 1.62 bits per heavy atom. The van der Waals surface area contributed by atoms with Crippen LogP contribution >= 0.6 is 0 Å². The molecule has 2 aliphatic rings. The van der Waals surface area contributed by atoms with Crippen molar-refractivity contribution in [3.8, 4) is 22.8 Å². The van der Waals surface area contributed by atoms with E-state index in [1.807, 2.05) is 80.1 Å². The SMILES string of the molecule is CC(C)(C)C(=O)ON1CC(n2ccc(N3CCC(n4nc(-c5ccc(Oc6ccccc6)cc5)c5c(N)ncnc54)CC3)c2)C1. The van der Waals surface area contributed by atoms with Crippen LogP contribution in [0, 0.1) is 5.41 Å². The minimum Gasteiger partial charge on any atom is -0.457 e. The number of nitrogens with zero attached hydrogens (tertiary/aromatic N) is 7. The maximum absolute atomic E-state index is 12.2. The van der Waals surface area contributed by atoms with Gasteiger partial charge in [0.2, 0.25) is 0 Å². The van der Waals surface area contributed by atoms with Crippen LogP contribution < -0.4 is 15.4 Å². The Morgan fingerprint density at radius 3 is 2.33 bits per heavy atom. The Labute approximate surface area is 262 Å². The second-order valence-corrected chi connectivity index (χ2v) is 12.9. The summed E-state index contributed by atoms with van der Waals surface area (Å²) in [4.78, 5) is 29.0. The highest BCUT2D eigenvalue weighted by atomic mass is 16.7. The molecule has 2 aromatic carbocycles. The van der Waals surface area contributed by atoms with Crippen molar-refractivity contribution in [2.45, 2.75) is 45.7 Å². The Balaban J connectivity index is 1.02. The maximum Gasteiger partial charge on any atom is 0.330 e. The molecular formula is C34H38N8O3. The van der Waals surface area contributed by atoms with Gasteiger partial charge in [0, 0.05) is 31.0 Å². The lowest BCUT2D eigenvalue weighted by atomic mass is 9.98. The number of benzene rings is 2. The fourth-order valence-electron chi connectivity index (χ4n) is 5.88. The van der Waals surface area contributed by atoms with Gasteiger partial charge >= 0.3 is 5.97 Å². The first-order valence-electron chi connectivity index (χ1n) is 15.4. The van der Waals surface area contributed by atoms with Crippen molar-refractivity contribution < 1.29 is 14.4 Å². The molecule has 0 radical (unpaired) electrons. The number of carbonyl (C=O) groups excluding carboxylic acids is 1. The highest BCUT2D eigenvalue weighted by Gasteiger charge is 2.35. The van der Waals surface area contributed by atoms with Gasteiger partial charge in [-0.15, -0.1) is 5.06 Å². The van der Waals surface area contributed by atoms with Crippen LogP contribution in [0.3, 0.4) is 0 Å². The molecule has 2 fully saturated rings. The van der Waals surface area contributed by atoms with Crippen molar-refractivity contribution in [3.63, 3.8) is 0 Å². The average molecular weight is 607 g/mol. The van der Waals surface area contributed by atoms with Crippen LogP contribution in [0.5, 0.6) is 11.5 Å². The summed E-state index contributed by atoms with van der Waals surface area (Å²) < 4.78 is 10.3. The third-order valence-corrected chi connectivity index (χ3v) is 8.57. The molecule has 0 saturated carbocycles. The van der Waals surface area contributed by atoms with E-state index >= 15 is 0 Å². The highest BCUT2D eigenvalue weighted by Crippen LogP contribution is 2.36. The number of aromatic nitrogens is 5. The number of anilines is 2. The molecule has 2 saturated heterocycles. The summed E-state index contributed by atoms with van der Waals surface area (Å²) in [5.41, 5.74) is 9.55. The second kappa shape index (κ2) is 11.6. The Morgan fingerprint density at radius 1 is 0.911 bits per heavy atom. The first kappa shape index (κ1) is 28.8. The predicted molar refractivity (Wildman–Crippen MR) is 173 cm³/mol. The van der Waals surface area contributed by atoms with E-state index in [-0.39, 0.29) is 12.0 Å². The largest absolute Gasteiger partial charge is 0.457 e. The standard InChI is InChI=1S/C34H38N8O3/c1-34(2,3)33(43)45-41-20-26(21-41)40-18-15-25(19-40)39-16-13-24(14-17-39)42-32-29(31(35)36-22-37-32)30(38-42)23-9-11-28(12-10-23)44-27-7-5-4-6-8-27/h4-12,15,18-19,22,24,26H,13-14,16-17,20-21H2,1-3H3,(H2,35,36,37). The summed E-state index contributed by atoms with van der Waals surface area (Å²) in [5.74, 6) is 1.76. The lowest BCUT2D eigenvalue weighted by Crippen LogP contribution is -2.49. The minimum absolute atomic E-state index is 0.187. The smallest absolute Gasteiger partial charge is 0.330 e. The van der Waals surface area contributed by atoms with Crippen molar-refractivity contribution in [3.05, 3.63) is 79.4 Å². The average Bonchev–Trinajstić information content (AvgIpc) is 3.66. The third kappa shape index (κ3) is 5.83. The number of hydrogen-bond donors (Lipinski definition) is 1. The zero-order chi connectivity index (χ0) is 31.1. The molecule has 0 bridgehead atoms. The first-order chi connectivity index (χ1) is 21.7. The van der Waals surface area contributed by atoms with Crippen LogP contribution in [-0.4, -0.2) is 61.5 Å². The van der Waals surface area contributed by atoms with Crippen LogP contribution in [0.15, 0.2) is 79.4 Å². The summed E-state index contributed by atoms with van der Waals surface area (Å²) in [5, 5.41) is 7.59. The molecule has 0 spiro atoms. The topological polar surface area (TPSA) is 117 Å². The molecule has 0 amide bonds. The molecule has 3 aromatic heterocycles. The Bertz CT molecular complexity index is 1800. The van der Waals surface area contributed by atoms with E-state index in [9.17, 15) is 4.79 Å². The van der Waals surface area contributed by atoms with Gasteiger partial charge < -0.3 is 24.8 Å². The van der Waals surface area contributed by atoms with Gasteiger partial charge in [0.25, 0.3) is 0 Å². The van der Waals surface area contributed by atoms with Crippen LogP contribution in [0.2, 0.25) is 0 Å². The van der Waals surface area contributed by atoms with Gasteiger partial charge in [-0.1, -0.05) is 18.2 Å². The monoisotopic (exact) mass is 606 g/mol. The van der Waals surface area contributed by atoms with Crippen LogP contribution in [0.4, 0.5) is 11.5 Å². The third-order valence-electron chi connectivity index (χ3n) is 8.57. The van der Waals surface area contributed by atoms with E-state index in [1.165, 1.54) is 12.0 Å². The molecule has 2 N–H and O–H groups in total. The quantitative estimate of drug-likeness (QED) is 0.243. The van der Waals surface area contributed by atoms with Crippen molar-refractivity contribution in [2.75, 3.05) is 36.8 Å². The van der Waals surface area contributed by atoms with Gasteiger partial charge in [0.1, 0.15) is 29.3 Å². The number of hydroxylamine groups is 2. The number of hydrogen-bond acceptors (Lipinski definition) is 9. The number of piperidine rings is 1. The molecule has 11 heteroatoms. The molecule has 7 rings (SSSR count). The normalized spacial score (nSPS) is 16.6. The van der Waals surface area contributed by atoms with Gasteiger partial charge in [-0.05, 0) is 76.1 Å². The van der Waals surface area contributed by atoms with E-state index < -0.39 is 5.41 Å². The molecule has 0 unspecified atom stereocenters. The fourth-order valence-corrected chi connectivity index (χ4v) is 5.88. The first-order valence-corrected chi connectivity index (χ1v) is 15.4. The molecule has 5 aromatic rings. The Kier molecular flexibility index (Phi) is 7.40. The second-order valence-electron chi connectivity index (χ2n) is 12.9. The van der Waals surface area contributed by atoms with Crippen molar-refractivity contribution >= 4 is 28.5 Å². The van der Waals surface area contributed by atoms with Crippen molar-refractivity contribution in [1.82, 2.24) is 29.4 Å². The molecular weight excluding hydrogens is 568 g/mol. The summed E-state index contributed by atoms with van der Waals surface area (Å²) in [6.45, 7) is 8.79. The summed E-state index contributed by atoms with van der Waals surface area (Å²) in [6.07, 6.45) is 7.69. The molecule has 0 aliphatic carbocycles. The van der Waals surface area contributed by atoms with E-state index in [4.69, 9.17) is 20.4 Å². The molecule has 2 aliphatic heterocycles. The van der Waals surface area contributed by atoms with Gasteiger partial charge in [0.15, 0.2) is 5.65 Å². The number of carbonyl (C=O) groups is 1. The van der Waals surface area contributed by atoms with Crippen LogP contribution in [0.1, 0.15) is 45.7 Å². The zero-order valence-electron chi connectivity index (χ0n) is 25.8. The summed E-state index contributed by atoms with van der Waals surface area (Å²) >= 11 is 0. The molecule has 232 valence electrons. The fraction of sp³-hybridized carbons (Fsp3) is 0.353. The molecule has 45 heavy (non-hydrogen) atoms.